The molecule has 2 fully saturated rings. The lowest BCUT2D eigenvalue weighted by atomic mass is 9.84. The molecule has 0 spiro atoms. The molecule has 2 bridgehead atoms. The Balaban J connectivity index is 1.52. The Morgan fingerprint density at radius 2 is 2.11 bits per heavy atom. The molecule has 1 aromatic carbocycles. The highest BCUT2D eigenvalue weighted by Gasteiger charge is 2.39. The lowest BCUT2D eigenvalue weighted by Crippen LogP contribution is -2.18. The molecule has 4 rings (SSSR count). The van der Waals surface area contributed by atoms with Crippen LogP contribution in [0.3, 0.4) is 0 Å². The lowest BCUT2D eigenvalue weighted by Gasteiger charge is -2.24. The Hall–Kier alpha value is -0.860. The molecule has 2 saturated carbocycles. The molecule has 0 saturated heterocycles. The largest absolute Gasteiger partial charge is 0.323 e. The van der Waals surface area contributed by atoms with Crippen LogP contribution in [-0.2, 0) is 0 Å². The topological polar surface area (TPSA) is 26.0 Å². The second-order valence-corrected chi connectivity index (χ2v) is 7.58. The zero-order chi connectivity index (χ0) is 12.8. The molecule has 100 valence electrons. The van der Waals surface area contributed by atoms with E-state index in [0.717, 1.165) is 17.8 Å². The van der Waals surface area contributed by atoms with Gasteiger partial charge in [0.25, 0.3) is 0 Å². The van der Waals surface area contributed by atoms with E-state index in [1.54, 1.807) is 0 Å². The quantitative estimate of drug-likeness (QED) is 0.858. The van der Waals surface area contributed by atoms with Crippen molar-refractivity contribution >= 4 is 21.4 Å². The summed E-state index contributed by atoms with van der Waals surface area (Å²) < 4.78 is 1.38. The van der Waals surface area contributed by atoms with Crippen LogP contribution in [0.2, 0.25) is 0 Å². The van der Waals surface area contributed by atoms with E-state index in [0.29, 0.717) is 0 Å². The van der Waals surface area contributed by atoms with E-state index in [1.807, 2.05) is 11.3 Å². The average molecular weight is 271 g/mol. The Morgan fingerprint density at radius 3 is 2.84 bits per heavy atom. The smallest absolute Gasteiger partial charge is 0.0392 e. The number of thiophene rings is 1. The monoisotopic (exact) mass is 271 g/mol. The van der Waals surface area contributed by atoms with Crippen molar-refractivity contribution in [3.8, 4) is 0 Å². The standard InChI is InChI=1S/C17H21NS/c18-15(9-14-8-11-5-6-12(14)7-11)17-10-13-3-1-2-4-16(13)19-17/h1-4,10-12,14-15H,5-9,18H2. The second-order valence-electron chi connectivity index (χ2n) is 6.46. The summed E-state index contributed by atoms with van der Waals surface area (Å²) in [5.41, 5.74) is 6.48. The number of rotatable bonds is 3. The van der Waals surface area contributed by atoms with Gasteiger partial charge in [-0.2, -0.15) is 0 Å². The SMILES string of the molecule is NC(CC1CC2CCC1C2)c1cc2ccccc2s1. The predicted molar refractivity (Wildman–Crippen MR) is 82.3 cm³/mol. The van der Waals surface area contributed by atoms with Crippen molar-refractivity contribution in [3.05, 3.63) is 35.2 Å². The Bertz CT molecular complexity index is 555. The van der Waals surface area contributed by atoms with Gasteiger partial charge in [0.15, 0.2) is 0 Å². The van der Waals surface area contributed by atoms with Gasteiger partial charge in [-0.3, -0.25) is 0 Å². The van der Waals surface area contributed by atoms with Crippen molar-refractivity contribution in [2.45, 2.75) is 38.1 Å². The van der Waals surface area contributed by atoms with Gasteiger partial charge in [-0.15, -0.1) is 11.3 Å². The van der Waals surface area contributed by atoms with E-state index >= 15 is 0 Å². The highest BCUT2D eigenvalue weighted by Crippen LogP contribution is 2.51. The first-order chi connectivity index (χ1) is 9.29. The molecule has 2 aliphatic rings. The first-order valence-electron chi connectivity index (χ1n) is 7.53. The van der Waals surface area contributed by atoms with Crippen molar-refractivity contribution in [2.24, 2.45) is 23.5 Å². The second kappa shape index (κ2) is 4.60. The molecule has 1 nitrogen and oxygen atoms in total. The minimum absolute atomic E-state index is 0.252. The number of hydrogen-bond acceptors (Lipinski definition) is 2. The summed E-state index contributed by atoms with van der Waals surface area (Å²) in [5, 5.41) is 1.35. The minimum atomic E-state index is 0.252. The Labute approximate surface area is 118 Å². The molecule has 2 aliphatic carbocycles. The maximum atomic E-state index is 6.48. The van der Waals surface area contributed by atoms with Crippen molar-refractivity contribution in [2.75, 3.05) is 0 Å². The zero-order valence-corrected chi connectivity index (χ0v) is 12.0. The highest BCUT2D eigenvalue weighted by atomic mass is 32.1. The fourth-order valence-electron chi connectivity index (χ4n) is 4.29. The average Bonchev–Trinajstić information content (AvgIpc) is 3.12. The van der Waals surface area contributed by atoms with Gasteiger partial charge in [0.2, 0.25) is 0 Å². The maximum Gasteiger partial charge on any atom is 0.0392 e. The van der Waals surface area contributed by atoms with E-state index < -0.39 is 0 Å². The summed E-state index contributed by atoms with van der Waals surface area (Å²) in [6, 6.07) is 11.2. The van der Waals surface area contributed by atoms with Gasteiger partial charge in [-0.25, -0.2) is 0 Å². The molecular formula is C17H21NS. The summed E-state index contributed by atoms with van der Waals surface area (Å²) in [6.45, 7) is 0. The maximum absolute atomic E-state index is 6.48. The van der Waals surface area contributed by atoms with Crippen molar-refractivity contribution in [1.29, 1.82) is 0 Å². The summed E-state index contributed by atoms with van der Waals surface area (Å²) in [4.78, 5) is 1.38. The first kappa shape index (κ1) is 11.9. The third kappa shape index (κ3) is 2.11. The van der Waals surface area contributed by atoms with E-state index in [1.165, 1.54) is 47.1 Å². The Morgan fingerprint density at radius 1 is 1.21 bits per heavy atom. The van der Waals surface area contributed by atoms with Crippen molar-refractivity contribution < 1.29 is 0 Å². The van der Waals surface area contributed by atoms with E-state index in [9.17, 15) is 0 Å². The Kier molecular flexibility index (Phi) is 2.89. The summed E-state index contributed by atoms with van der Waals surface area (Å²) in [7, 11) is 0. The summed E-state index contributed by atoms with van der Waals surface area (Å²) in [5.74, 6) is 2.92. The van der Waals surface area contributed by atoms with Crippen LogP contribution in [0.25, 0.3) is 10.1 Å². The van der Waals surface area contributed by atoms with Gasteiger partial charge >= 0.3 is 0 Å². The molecule has 0 amide bonds. The van der Waals surface area contributed by atoms with E-state index in [4.69, 9.17) is 5.73 Å². The van der Waals surface area contributed by atoms with E-state index in [-0.39, 0.29) is 6.04 Å². The highest BCUT2D eigenvalue weighted by molar-refractivity contribution is 7.19. The van der Waals surface area contributed by atoms with Crippen molar-refractivity contribution in [3.63, 3.8) is 0 Å². The van der Waals surface area contributed by atoms with Gasteiger partial charge in [0.05, 0.1) is 0 Å². The third-order valence-corrected chi connectivity index (χ3v) is 6.50. The molecule has 19 heavy (non-hydrogen) atoms. The van der Waals surface area contributed by atoms with Crippen LogP contribution in [0.5, 0.6) is 0 Å². The van der Waals surface area contributed by atoms with Crippen molar-refractivity contribution in [1.82, 2.24) is 0 Å². The fourth-order valence-corrected chi connectivity index (χ4v) is 5.37. The number of hydrogen-bond donors (Lipinski definition) is 1. The van der Waals surface area contributed by atoms with Gasteiger partial charge in [-0.05, 0) is 61.0 Å². The van der Waals surface area contributed by atoms with Gasteiger partial charge in [0.1, 0.15) is 0 Å². The van der Waals surface area contributed by atoms with Crippen LogP contribution < -0.4 is 5.73 Å². The normalized spacial score (nSPS) is 31.1. The van der Waals surface area contributed by atoms with Crippen LogP contribution in [0.15, 0.2) is 30.3 Å². The van der Waals surface area contributed by atoms with Crippen LogP contribution in [0.4, 0.5) is 0 Å². The zero-order valence-electron chi connectivity index (χ0n) is 11.2. The fraction of sp³-hybridized carbons (Fsp3) is 0.529. The van der Waals surface area contributed by atoms with Crippen LogP contribution in [-0.4, -0.2) is 0 Å². The predicted octanol–water partition coefficient (Wildman–Crippen LogP) is 4.73. The lowest BCUT2D eigenvalue weighted by molar-refractivity contribution is 0.297. The molecular weight excluding hydrogens is 250 g/mol. The van der Waals surface area contributed by atoms with Gasteiger partial charge in [-0.1, -0.05) is 24.6 Å². The molecule has 2 N–H and O–H groups in total. The van der Waals surface area contributed by atoms with Gasteiger partial charge < -0.3 is 5.73 Å². The molecule has 4 unspecified atom stereocenters. The van der Waals surface area contributed by atoms with Crippen LogP contribution in [0, 0.1) is 17.8 Å². The number of fused-ring (bicyclic) bond motifs is 3. The molecule has 4 atom stereocenters. The summed E-state index contributed by atoms with van der Waals surface area (Å²) >= 11 is 1.88. The number of nitrogens with two attached hydrogens (primary N) is 1. The molecule has 2 heteroatoms. The van der Waals surface area contributed by atoms with E-state index in [2.05, 4.69) is 30.3 Å². The third-order valence-electron chi connectivity index (χ3n) is 5.25. The first-order valence-corrected chi connectivity index (χ1v) is 8.35. The number of benzene rings is 1. The molecule has 0 aliphatic heterocycles. The molecule has 0 radical (unpaired) electrons. The van der Waals surface area contributed by atoms with Crippen LogP contribution >= 0.6 is 11.3 Å². The summed E-state index contributed by atoms with van der Waals surface area (Å²) in [6.07, 6.45) is 7.09. The van der Waals surface area contributed by atoms with Crippen LogP contribution in [0.1, 0.15) is 43.0 Å². The molecule has 2 aromatic rings. The van der Waals surface area contributed by atoms with Gasteiger partial charge in [0, 0.05) is 15.6 Å². The molecule has 1 aromatic heterocycles. The minimum Gasteiger partial charge on any atom is -0.323 e. The molecule has 1 heterocycles.